The van der Waals surface area contributed by atoms with Gasteiger partial charge in [0.2, 0.25) is 11.5 Å². The Morgan fingerprint density at radius 1 is 1.25 bits per heavy atom. The maximum atomic E-state index is 11.3. The van der Waals surface area contributed by atoms with Gasteiger partial charge in [-0.05, 0) is 35.6 Å². The number of nitro groups is 1. The molecule has 0 spiro atoms. The average molecular weight is 268 g/mol. The van der Waals surface area contributed by atoms with Gasteiger partial charge < -0.3 is 15.4 Å². The van der Waals surface area contributed by atoms with Gasteiger partial charge in [0.1, 0.15) is 0 Å². The summed E-state index contributed by atoms with van der Waals surface area (Å²) in [5.74, 6) is 0.175. The van der Waals surface area contributed by atoms with Gasteiger partial charge >= 0.3 is 5.82 Å². The predicted molar refractivity (Wildman–Crippen MR) is 76.3 cm³/mol. The minimum atomic E-state index is -0.432. The van der Waals surface area contributed by atoms with E-state index in [1.807, 2.05) is 31.2 Å². The molecular formula is C14H12N4O2. The van der Waals surface area contributed by atoms with E-state index in [1.165, 1.54) is 4.40 Å². The van der Waals surface area contributed by atoms with Crippen molar-refractivity contribution >= 4 is 23.0 Å². The Morgan fingerprint density at radius 3 is 2.85 bits per heavy atom. The lowest BCUT2D eigenvalue weighted by atomic mass is 10.2. The average Bonchev–Trinajstić information content (AvgIpc) is 2.76. The molecule has 2 aromatic heterocycles. The topological polar surface area (TPSA) is 72.5 Å². The minimum Gasteiger partial charge on any atom is -0.358 e. The number of fused-ring (bicyclic) bond motifs is 1. The second-order valence-corrected chi connectivity index (χ2v) is 4.46. The Bertz CT molecular complexity index is 795. The van der Waals surface area contributed by atoms with Crippen molar-refractivity contribution in [3.63, 3.8) is 0 Å². The van der Waals surface area contributed by atoms with Crippen LogP contribution in [0.25, 0.3) is 5.65 Å². The van der Waals surface area contributed by atoms with Crippen molar-refractivity contribution in [2.24, 2.45) is 0 Å². The number of imidazole rings is 1. The van der Waals surface area contributed by atoms with Crippen molar-refractivity contribution in [2.75, 3.05) is 5.32 Å². The van der Waals surface area contributed by atoms with Crippen LogP contribution in [0.2, 0.25) is 0 Å². The van der Waals surface area contributed by atoms with E-state index < -0.39 is 4.92 Å². The molecule has 3 aromatic rings. The van der Waals surface area contributed by atoms with Crippen LogP contribution < -0.4 is 5.32 Å². The summed E-state index contributed by atoms with van der Waals surface area (Å²) in [6.07, 6.45) is 1.63. The number of benzene rings is 1. The van der Waals surface area contributed by atoms with E-state index in [4.69, 9.17) is 0 Å². The zero-order chi connectivity index (χ0) is 14.1. The van der Waals surface area contributed by atoms with Crippen LogP contribution in [-0.2, 0) is 0 Å². The summed E-state index contributed by atoms with van der Waals surface area (Å²) in [7, 11) is 0. The summed E-state index contributed by atoms with van der Waals surface area (Å²) < 4.78 is 1.46. The zero-order valence-corrected chi connectivity index (χ0v) is 10.8. The molecule has 0 saturated carbocycles. The molecule has 20 heavy (non-hydrogen) atoms. The van der Waals surface area contributed by atoms with Crippen molar-refractivity contribution < 1.29 is 4.92 Å². The number of nitrogens with zero attached hydrogens (tertiary/aromatic N) is 3. The van der Waals surface area contributed by atoms with Gasteiger partial charge in [-0.25, -0.2) is 0 Å². The Morgan fingerprint density at radius 2 is 2.10 bits per heavy atom. The molecule has 0 fully saturated rings. The third-order valence-corrected chi connectivity index (χ3v) is 2.96. The summed E-state index contributed by atoms with van der Waals surface area (Å²) in [5.41, 5.74) is 2.38. The lowest BCUT2D eigenvalue weighted by Gasteiger charge is -2.04. The third kappa shape index (κ3) is 2.07. The fraction of sp³-hybridized carbons (Fsp3) is 0.0714. The van der Waals surface area contributed by atoms with Gasteiger partial charge in [0, 0.05) is 11.8 Å². The second-order valence-electron chi connectivity index (χ2n) is 4.46. The van der Waals surface area contributed by atoms with E-state index in [0.29, 0.717) is 5.65 Å². The smallest absolute Gasteiger partial charge is 0.358 e. The van der Waals surface area contributed by atoms with Crippen molar-refractivity contribution in [1.29, 1.82) is 0 Å². The predicted octanol–water partition coefficient (Wildman–Crippen LogP) is 3.29. The highest BCUT2D eigenvalue weighted by atomic mass is 16.6. The van der Waals surface area contributed by atoms with E-state index in [2.05, 4.69) is 10.3 Å². The molecule has 0 aliphatic heterocycles. The van der Waals surface area contributed by atoms with Gasteiger partial charge in [0.05, 0.1) is 6.20 Å². The molecule has 0 aliphatic carbocycles. The van der Waals surface area contributed by atoms with Crippen molar-refractivity contribution in [1.82, 2.24) is 9.38 Å². The molecular weight excluding hydrogens is 256 g/mol. The highest BCUT2D eigenvalue weighted by Crippen LogP contribution is 2.28. The first-order valence-corrected chi connectivity index (χ1v) is 6.10. The fourth-order valence-electron chi connectivity index (χ4n) is 2.10. The normalized spacial score (nSPS) is 10.7. The Hall–Kier alpha value is -2.89. The van der Waals surface area contributed by atoms with Gasteiger partial charge in [-0.1, -0.05) is 18.2 Å². The van der Waals surface area contributed by atoms with Crippen LogP contribution in [0.15, 0.2) is 48.7 Å². The number of hydrogen-bond donors (Lipinski definition) is 1. The van der Waals surface area contributed by atoms with Crippen LogP contribution in [-0.4, -0.2) is 14.3 Å². The number of hydrogen-bond acceptors (Lipinski definition) is 4. The number of rotatable bonds is 3. The highest BCUT2D eigenvalue weighted by Gasteiger charge is 2.22. The van der Waals surface area contributed by atoms with Crippen molar-refractivity contribution in [3.05, 3.63) is 64.3 Å². The summed E-state index contributed by atoms with van der Waals surface area (Å²) in [5, 5.41) is 14.3. The van der Waals surface area contributed by atoms with Crippen LogP contribution in [0.3, 0.4) is 0 Å². The number of aromatic nitrogens is 2. The number of pyridine rings is 1. The van der Waals surface area contributed by atoms with E-state index in [-0.39, 0.29) is 11.6 Å². The highest BCUT2D eigenvalue weighted by molar-refractivity contribution is 5.68. The minimum absolute atomic E-state index is 0.0675. The molecule has 6 heteroatoms. The van der Waals surface area contributed by atoms with Gasteiger partial charge in [-0.15, -0.1) is 0 Å². The monoisotopic (exact) mass is 268 g/mol. The Balaban J connectivity index is 2.11. The number of aryl methyl sites for hydroxylation is 1. The maximum Gasteiger partial charge on any atom is 0.372 e. The van der Waals surface area contributed by atoms with Crippen LogP contribution in [0.4, 0.5) is 17.3 Å². The van der Waals surface area contributed by atoms with E-state index >= 15 is 0 Å². The van der Waals surface area contributed by atoms with E-state index in [0.717, 1.165) is 11.3 Å². The second kappa shape index (κ2) is 4.65. The van der Waals surface area contributed by atoms with E-state index in [1.54, 1.807) is 24.4 Å². The molecule has 0 unspecified atom stereocenters. The summed E-state index contributed by atoms with van der Waals surface area (Å²) in [6.45, 7) is 1.96. The number of anilines is 2. The molecule has 0 saturated heterocycles. The first-order chi connectivity index (χ1) is 9.65. The first kappa shape index (κ1) is 12.2. The van der Waals surface area contributed by atoms with Crippen LogP contribution in [0.1, 0.15) is 5.56 Å². The lowest BCUT2D eigenvalue weighted by molar-refractivity contribution is -0.389. The molecule has 100 valence electrons. The maximum absolute atomic E-state index is 11.3. The largest absolute Gasteiger partial charge is 0.372 e. The number of nitrogens with one attached hydrogen (secondary N) is 1. The van der Waals surface area contributed by atoms with Crippen LogP contribution in [0.5, 0.6) is 0 Å². The van der Waals surface area contributed by atoms with Gasteiger partial charge in [-0.2, -0.15) is 9.38 Å². The van der Waals surface area contributed by atoms with Crippen LogP contribution in [0, 0.1) is 17.0 Å². The van der Waals surface area contributed by atoms with Gasteiger partial charge in [0.25, 0.3) is 0 Å². The van der Waals surface area contributed by atoms with Crippen molar-refractivity contribution in [3.8, 4) is 0 Å². The van der Waals surface area contributed by atoms with Crippen molar-refractivity contribution in [2.45, 2.75) is 6.92 Å². The van der Waals surface area contributed by atoms with Crippen LogP contribution >= 0.6 is 0 Å². The summed E-state index contributed by atoms with van der Waals surface area (Å²) in [6, 6.07) is 12.9. The SMILES string of the molecule is Cc1cccc(Nc2nc3ccccn3c2[N+](=O)[O-])c1. The molecule has 0 aliphatic rings. The lowest BCUT2D eigenvalue weighted by Crippen LogP contribution is -1.98. The molecule has 2 heterocycles. The fourth-order valence-corrected chi connectivity index (χ4v) is 2.10. The Kier molecular flexibility index (Phi) is 2.83. The summed E-state index contributed by atoms with van der Waals surface area (Å²) >= 11 is 0. The van der Waals surface area contributed by atoms with Gasteiger partial charge in [0.15, 0.2) is 0 Å². The summed E-state index contributed by atoms with van der Waals surface area (Å²) in [4.78, 5) is 15.1. The molecule has 1 N–H and O–H groups in total. The molecule has 0 atom stereocenters. The third-order valence-electron chi connectivity index (χ3n) is 2.96. The van der Waals surface area contributed by atoms with Gasteiger partial charge in [-0.3, -0.25) is 0 Å². The molecule has 0 bridgehead atoms. The first-order valence-electron chi connectivity index (χ1n) is 6.10. The quantitative estimate of drug-likeness (QED) is 0.584. The molecule has 0 amide bonds. The van der Waals surface area contributed by atoms with E-state index in [9.17, 15) is 10.1 Å². The molecule has 1 aromatic carbocycles. The Labute approximate surface area is 114 Å². The molecule has 6 nitrogen and oxygen atoms in total. The standard InChI is InChI=1S/C14H12N4O2/c1-10-5-4-6-11(9-10)15-13-14(18(19)20)17-8-3-2-7-12(17)16-13/h2-9,15H,1H3. The molecule has 0 radical (unpaired) electrons. The molecule has 3 rings (SSSR count). The zero-order valence-electron chi connectivity index (χ0n) is 10.8.